The fourth-order valence-corrected chi connectivity index (χ4v) is 2.67. The number of carbonyl (C=O) groups excluding carboxylic acids is 1. The molecule has 0 atom stereocenters. The van der Waals surface area contributed by atoms with E-state index in [1.165, 1.54) is 36.7 Å². The standard InChI is InChI=1S/C15H12F2O2S/c1-9(5-15(18)19-2)13-3-4-14(20-13)10-6-11(16)8-12(17)7-10/h3-8H,1-2H3/b9-5+. The number of hydrogen-bond donors (Lipinski definition) is 0. The molecule has 20 heavy (non-hydrogen) atoms. The molecule has 0 radical (unpaired) electrons. The van der Waals surface area contributed by atoms with Crippen molar-refractivity contribution in [3.8, 4) is 10.4 Å². The van der Waals surface area contributed by atoms with Gasteiger partial charge in [0.25, 0.3) is 0 Å². The van der Waals surface area contributed by atoms with Crippen LogP contribution in [0.4, 0.5) is 8.78 Å². The van der Waals surface area contributed by atoms with Crippen LogP contribution in [-0.4, -0.2) is 13.1 Å². The molecule has 0 aliphatic heterocycles. The average Bonchev–Trinajstić information content (AvgIpc) is 2.87. The van der Waals surface area contributed by atoms with Gasteiger partial charge in [-0.25, -0.2) is 13.6 Å². The van der Waals surface area contributed by atoms with Crippen LogP contribution in [0, 0.1) is 11.6 Å². The van der Waals surface area contributed by atoms with E-state index in [4.69, 9.17) is 0 Å². The van der Waals surface area contributed by atoms with Gasteiger partial charge in [-0.15, -0.1) is 11.3 Å². The molecule has 5 heteroatoms. The lowest BCUT2D eigenvalue weighted by Crippen LogP contribution is -1.94. The first-order chi connectivity index (χ1) is 9.49. The predicted molar refractivity (Wildman–Crippen MR) is 75.3 cm³/mol. The van der Waals surface area contributed by atoms with Crippen LogP contribution in [0.25, 0.3) is 16.0 Å². The van der Waals surface area contributed by atoms with E-state index in [0.29, 0.717) is 5.56 Å². The molecule has 0 saturated carbocycles. The van der Waals surface area contributed by atoms with Gasteiger partial charge in [-0.3, -0.25) is 0 Å². The normalized spacial score (nSPS) is 11.5. The predicted octanol–water partition coefficient (Wildman–Crippen LogP) is 4.27. The van der Waals surface area contributed by atoms with Crippen molar-refractivity contribution in [2.75, 3.05) is 7.11 Å². The van der Waals surface area contributed by atoms with E-state index in [-0.39, 0.29) is 0 Å². The fourth-order valence-electron chi connectivity index (χ4n) is 1.71. The molecule has 2 nitrogen and oxygen atoms in total. The van der Waals surface area contributed by atoms with Crippen LogP contribution in [0.3, 0.4) is 0 Å². The Morgan fingerprint density at radius 3 is 2.45 bits per heavy atom. The maximum atomic E-state index is 13.2. The van der Waals surface area contributed by atoms with E-state index in [1.807, 2.05) is 0 Å². The highest BCUT2D eigenvalue weighted by molar-refractivity contribution is 7.16. The molecule has 0 saturated heterocycles. The van der Waals surface area contributed by atoms with E-state index < -0.39 is 17.6 Å². The summed E-state index contributed by atoms with van der Waals surface area (Å²) in [4.78, 5) is 12.7. The smallest absolute Gasteiger partial charge is 0.330 e. The molecular weight excluding hydrogens is 282 g/mol. The van der Waals surface area contributed by atoms with Crippen LogP contribution < -0.4 is 0 Å². The van der Waals surface area contributed by atoms with Crippen molar-refractivity contribution in [2.24, 2.45) is 0 Å². The zero-order chi connectivity index (χ0) is 14.7. The van der Waals surface area contributed by atoms with Gasteiger partial charge < -0.3 is 4.74 Å². The van der Waals surface area contributed by atoms with Crippen molar-refractivity contribution >= 4 is 22.9 Å². The number of allylic oxidation sites excluding steroid dienone is 1. The SMILES string of the molecule is COC(=O)/C=C(\C)c1ccc(-c2cc(F)cc(F)c2)s1. The molecule has 0 aliphatic rings. The highest BCUT2D eigenvalue weighted by Gasteiger charge is 2.08. The Morgan fingerprint density at radius 2 is 1.85 bits per heavy atom. The number of benzene rings is 1. The second-order valence-electron chi connectivity index (χ2n) is 4.17. The van der Waals surface area contributed by atoms with E-state index >= 15 is 0 Å². The molecule has 0 unspecified atom stereocenters. The Morgan fingerprint density at radius 1 is 1.20 bits per heavy atom. The zero-order valence-corrected chi connectivity index (χ0v) is 11.8. The molecule has 1 aromatic heterocycles. The van der Waals surface area contributed by atoms with Crippen molar-refractivity contribution in [3.05, 3.63) is 52.9 Å². The molecule has 0 N–H and O–H groups in total. The number of carbonyl (C=O) groups is 1. The van der Waals surface area contributed by atoms with Crippen molar-refractivity contribution < 1.29 is 18.3 Å². The molecule has 2 rings (SSSR count). The van der Waals surface area contributed by atoms with Crippen LogP contribution in [0.1, 0.15) is 11.8 Å². The summed E-state index contributed by atoms with van der Waals surface area (Å²) < 4.78 is 30.9. The van der Waals surface area contributed by atoms with Gasteiger partial charge in [0.2, 0.25) is 0 Å². The molecule has 2 aromatic rings. The van der Waals surface area contributed by atoms with Gasteiger partial charge in [0.15, 0.2) is 0 Å². The number of methoxy groups -OCH3 is 1. The number of thiophene rings is 1. The monoisotopic (exact) mass is 294 g/mol. The quantitative estimate of drug-likeness (QED) is 0.624. The summed E-state index contributed by atoms with van der Waals surface area (Å²) >= 11 is 1.35. The van der Waals surface area contributed by atoms with Gasteiger partial charge in [-0.2, -0.15) is 0 Å². The van der Waals surface area contributed by atoms with Crippen molar-refractivity contribution in [3.63, 3.8) is 0 Å². The number of rotatable bonds is 3. The number of ether oxygens (including phenoxy) is 1. The lowest BCUT2D eigenvalue weighted by Gasteiger charge is -1.99. The second kappa shape index (κ2) is 5.96. The van der Waals surface area contributed by atoms with E-state index in [2.05, 4.69) is 4.74 Å². The van der Waals surface area contributed by atoms with E-state index in [0.717, 1.165) is 21.4 Å². The third kappa shape index (κ3) is 3.30. The van der Waals surface area contributed by atoms with Gasteiger partial charge in [0, 0.05) is 21.9 Å². The van der Waals surface area contributed by atoms with Crippen molar-refractivity contribution in [1.82, 2.24) is 0 Å². The molecule has 0 aliphatic carbocycles. The first-order valence-electron chi connectivity index (χ1n) is 5.82. The average molecular weight is 294 g/mol. The van der Waals surface area contributed by atoms with Crippen molar-refractivity contribution in [2.45, 2.75) is 6.92 Å². The highest BCUT2D eigenvalue weighted by Crippen LogP contribution is 2.32. The Bertz CT molecular complexity index is 654. The Kier molecular flexibility index (Phi) is 4.29. The van der Waals surface area contributed by atoms with Crippen LogP contribution in [0.15, 0.2) is 36.4 Å². The lowest BCUT2D eigenvalue weighted by atomic mass is 10.1. The molecule has 0 fully saturated rings. The second-order valence-corrected chi connectivity index (χ2v) is 5.26. The van der Waals surface area contributed by atoms with Crippen LogP contribution >= 0.6 is 11.3 Å². The van der Waals surface area contributed by atoms with Gasteiger partial charge in [0.1, 0.15) is 11.6 Å². The number of esters is 1. The molecule has 0 spiro atoms. The summed E-state index contributed by atoms with van der Waals surface area (Å²) in [5.41, 5.74) is 1.22. The van der Waals surface area contributed by atoms with Crippen LogP contribution in [0.2, 0.25) is 0 Å². The molecule has 104 valence electrons. The largest absolute Gasteiger partial charge is 0.466 e. The summed E-state index contributed by atoms with van der Waals surface area (Å²) in [5.74, 6) is -1.66. The summed E-state index contributed by atoms with van der Waals surface area (Å²) in [6.45, 7) is 1.78. The first kappa shape index (κ1) is 14.4. The van der Waals surface area contributed by atoms with Gasteiger partial charge >= 0.3 is 5.97 Å². The first-order valence-corrected chi connectivity index (χ1v) is 6.64. The molecule has 0 bridgehead atoms. The third-order valence-corrected chi connectivity index (χ3v) is 3.95. The minimum atomic E-state index is -0.614. The molecule has 1 aromatic carbocycles. The number of halogens is 2. The summed E-state index contributed by atoms with van der Waals surface area (Å²) in [7, 11) is 1.31. The Labute approximate surface area is 119 Å². The summed E-state index contributed by atoms with van der Waals surface area (Å²) in [6.07, 6.45) is 1.38. The molecular formula is C15H12F2O2S. The summed E-state index contributed by atoms with van der Waals surface area (Å²) in [6, 6.07) is 6.96. The van der Waals surface area contributed by atoms with Crippen LogP contribution in [-0.2, 0) is 9.53 Å². The van der Waals surface area contributed by atoms with Crippen molar-refractivity contribution in [1.29, 1.82) is 0 Å². The Balaban J connectivity index is 2.33. The fraction of sp³-hybridized carbons (Fsp3) is 0.133. The topological polar surface area (TPSA) is 26.3 Å². The minimum absolute atomic E-state index is 0.436. The van der Waals surface area contributed by atoms with Gasteiger partial charge in [-0.05, 0) is 42.3 Å². The van der Waals surface area contributed by atoms with Crippen LogP contribution in [0.5, 0.6) is 0 Å². The maximum Gasteiger partial charge on any atom is 0.330 e. The molecule has 0 amide bonds. The van der Waals surface area contributed by atoms with E-state index in [9.17, 15) is 13.6 Å². The highest BCUT2D eigenvalue weighted by atomic mass is 32.1. The third-order valence-electron chi connectivity index (χ3n) is 2.68. The molecule has 1 heterocycles. The number of hydrogen-bond acceptors (Lipinski definition) is 3. The minimum Gasteiger partial charge on any atom is -0.466 e. The lowest BCUT2D eigenvalue weighted by molar-refractivity contribution is -0.134. The zero-order valence-electron chi connectivity index (χ0n) is 10.9. The van der Waals surface area contributed by atoms with Gasteiger partial charge in [0.05, 0.1) is 7.11 Å². The van der Waals surface area contributed by atoms with E-state index in [1.54, 1.807) is 19.1 Å². The summed E-state index contributed by atoms with van der Waals surface area (Å²) in [5, 5.41) is 0. The Hall–Kier alpha value is -2.01. The maximum absolute atomic E-state index is 13.2. The van der Waals surface area contributed by atoms with Gasteiger partial charge in [-0.1, -0.05) is 0 Å².